The Morgan fingerprint density at radius 2 is 1.88 bits per heavy atom. The molecule has 1 fully saturated rings. The van der Waals surface area contributed by atoms with Crippen molar-refractivity contribution in [3.05, 3.63) is 59.7 Å². The number of benzene rings is 2. The molecule has 1 aliphatic rings. The van der Waals surface area contributed by atoms with Crippen LogP contribution in [-0.2, 0) is 4.79 Å². The van der Waals surface area contributed by atoms with Gasteiger partial charge in [0.1, 0.15) is 11.5 Å². The van der Waals surface area contributed by atoms with E-state index in [2.05, 4.69) is 5.32 Å². The van der Waals surface area contributed by atoms with E-state index in [1.165, 1.54) is 13.2 Å². The Labute approximate surface area is 145 Å². The minimum absolute atomic E-state index is 0.195. The number of hydrogen-bond acceptors (Lipinski definition) is 4. The number of nitrogens with two attached hydrogens (primary N) is 1. The molecule has 0 spiro atoms. The van der Waals surface area contributed by atoms with Crippen LogP contribution in [0.25, 0.3) is 0 Å². The quantitative estimate of drug-likeness (QED) is 0.808. The normalized spacial score (nSPS) is 14.4. The molecule has 6 heteroatoms. The molecule has 1 saturated carbocycles. The van der Waals surface area contributed by atoms with E-state index in [9.17, 15) is 9.59 Å². The van der Waals surface area contributed by atoms with Crippen LogP contribution in [0.1, 0.15) is 34.9 Å². The maximum Gasteiger partial charge on any atom is 0.266 e. The van der Waals surface area contributed by atoms with Gasteiger partial charge in [-0.05, 0) is 25.0 Å². The summed E-state index contributed by atoms with van der Waals surface area (Å²) in [5.74, 6) is -0.153. The first-order valence-corrected chi connectivity index (χ1v) is 8.08. The number of carbonyl (C=O) groups is 2. The molecule has 0 aliphatic heterocycles. The van der Waals surface area contributed by atoms with Gasteiger partial charge in [0.2, 0.25) is 6.10 Å². The van der Waals surface area contributed by atoms with Crippen LogP contribution in [0.2, 0.25) is 0 Å². The van der Waals surface area contributed by atoms with E-state index >= 15 is 0 Å². The minimum Gasteiger partial charge on any atom is -0.497 e. The highest BCUT2D eigenvalue weighted by Gasteiger charge is 2.30. The van der Waals surface area contributed by atoms with E-state index in [1.54, 1.807) is 24.3 Å². The summed E-state index contributed by atoms with van der Waals surface area (Å²) in [6.45, 7) is 0. The molecular weight excluding hydrogens is 320 g/mol. The standard InChI is InChI=1S/C19H20N2O4/c1-24-14-9-10-15(18(20)22)16(11-14)25-17(12-5-3-2-4-6-12)19(23)21-13-7-8-13/h2-6,9-11,13,17H,7-8H2,1H3,(H2,20,22)(H,21,23)/t17-/m1/s1. The number of ether oxygens (including phenoxy) is 2. The Morgan fingerprint density at radius 3 is 2.48 bits per heavy atom. The van der Waals surface area contributed by atoms with Gasteiger partial charge in [0.15, 0.2) is 0 Å². The van der Waals surface area contributed by atoms with Crippen LogP contribution in [0.15, 0.2) is 48.5 Å². The molecule has 1 atom stereocenters. The van der Waals surface area contributed by atoms with E-state index < -0.39 is 12.0 Å². The molecule has 130 valence electrons. The van der Waals surface area contributed by atoms with Gasteiger partial charge in [0.25, 0.3) is 11.8 Å². The highest BCUT2D eigenvalue weighted by Crippen LogP contribution is 2.30. The molecule has 2 aromatic carbocycles. The third-order valence-electron chi connectivity index (χ3n) is 3.96. The maximum atomic E-state index is 12.7. The van der Waals surface area contributed by atoms with E-state index in [4.69, 9.17) is 15.2 Å². The summed E-state index contributed by atoms with van der Waals surface area (Å²) >= 11 is 0. The lowest BCUT2D eigenvalue weighted by Crippen LogP contribution is -2.34. The first kappa shape index (κ1) is 16.8. The lowest BCUT2D eigenvalue weighted by atomic mass is 10.1. The summed E-state index contributed by atoms with van der Waals surface area (Å²) in [7, 11) is 1.51. The van der Waals surface area contributed by atoms with Gasteiger partial charge in [0.05, 0.1) is 12.7 Å². The molecule has 3 N–H and O–H groups in total. The fourth-order valence-electron chi connectivity index (χ4n) is 2.46. The smallest absolute Gasteiger partial charge is 0.266 e. The summed E-state index contributed by atoms with van der Waals surface area (Å²) < 4.78 is 11.1. The second-order valence-corrected chi connectivity index (χ2v) is 5.92. The number of nitrogens with one attached hydrogen (secondary N) is 1. The first-order valence-electron chi connectivity index (χ1n) is 8.08. The lowest BCUT2D eigenvalue weighted by molar-refractivity contribution is -0.128. The molecule has 0 heterocycles. The Hall–Kier alpha value is -3.02. The first-order chi connectivity index (χ1) is 12.1. The second-order valence-electron chi connectivity index (χ2n) is 5.92. The predicted octanol–water partition coefficient (Wildman–Crippen LogP) is 2.19. The molecule has 25 heavy (non-hydrogen) atoms. The van der Waals surface area contributed by atoms with Crippen molar-refractivity contribution in [3.8, 4) is 11.5 Å². The number of primary amides is 1. The number of rotatable bonds is 7. The van der Waals surface area contributed by atoms with Crippen LogP contribution in [0, 0.1) is 0 Å². The van der Waals surface area contributed by atoms with Crippen LogP contribution >= 0.6 is 0 Å². The van der Waals surface area contributed by atoms with Gasteiger partial charge in [-0.3, -0.25) is 9.59 Å². The third kappa shape index (κ3) is 4.09. The van der Waals surface area contributed by atoms with Gasteiger partial charge in [-0.1, -0.05) is 30.3 Å². The molecule has 2 aromatic rings. The van der Waals surface area contributed by atoms with Gasteiger partial charge < -0.3 is 20.5 Å². The average Bonchev–Trinajstić information content (AvgIpc) is 3.43. The van der Waals surface area contributed by atoms with Crippen molar-refractivity contribution in [1.82, 2.24) is 5.32 Å². The Bertz CT molecular complexity index is 772. The third-order valence-corrected chi connectivity index (χ3v) is 3.96. The van der Waals surface area contributed by atoms with E-state index in [-0.39, 0.29) is 23.3 Å². The molecule has 1 aliphatic carbocycles. The summed E-state index contributed by atoms with van der Waals surface area (Å²) in [6, 6.07) is 14.0. The molecule has 0 bridgehead atoms. The van der Waals surface area contributed by atoms with Crippen LogP contribution in [0.4, 0.5) is 0 Å². The van der Waals surface area contributed by atoms with Crippen molar-refractivity contribution in [2.75, 3.05) is 7.11 Å². The van der Waals surface area contributed by atoms with E-state index in [1.807, 2.05) is 18.2 Å². The Balaban J connectivity index is 1.94. The van der Waals surface area contributed by atoms with Crippen molar-refractivity contribution >= 4 is 11.8 Å². The second kappa shape index (κ2) is 7.25. The zero-order chi connectivity index (χ0) is 17.8. The molecule has 0 unspecified atom stereocenters. The number of amides is 2. The maximum absolute atomic E-state index is 12.7. The van der Waals surface area contributed by atoms with Crippen LogP contribution in [0.5, 0.6) is 11.5 Å². The number of hydrogen-bond donors (Lipinski definition) is 2. The fraction of sp³-hybridized carbons (Fsp3) is 0.263. The van der Waals surface area contributed by atoms with Crippen LogP contribution in [0.3, 0.4) is 0 Å². The van der Waals surface area contributed by atoms with E-state index in [0.717, 1.165) is 12.8 Å². The molecular formula is C19H20N2O4. The van der Waals surface area contributed by atoms with Crippen LogP contribution < -0.4 is 20.5 Å². The van der Waals surface area contributed by atoms with Crippen molar-refractivity contribution in [2.45, 2.75) is 25.0 Å². The fourth-order valence-corrected chi connectivity index (χ4v) is 2.46. The Kier molecular flexibility index (Phi) is 4.88. The zero-order valence-electron chi connectivity index (χ0n) is 13.9. The highest BCUT2D eigenvalue weighted by atomic mass is 16.5. The average molecular weight is 340 g/mol. The summed E-state index contributed by atoms with van der Waals surface area (Å²) in [5.41, 5.74) is 6.32. The number of carbonyl (C=O) groups excluding carboxylic acids is 2. The molecule has 0 aromatic heterocycles. The SMILES string of the molecule is COc1ccc(C(N)=O)c(O[C@@H](C(=O)NC2CC2)c2ccccc2)c1. The van der Waals surface area contributed by atoms with Gasteiger partial charge in [0, 0.05) is 17.7 Å². The number of methoxy groups -OCH3 is 1. The molecule has 2 amide bonds. The van der Waals surface area contributed by atoms with Gasteiger partial charge >= 0.3 is 0 Å². The highest BCUT2D eigenvalue weighted by molar-refractivity contribution is 5.96. The summed E-state index contributed by atoms with van der Waals surface area (Å²) in [6.07, 6.45) is 1.06. The molecule has 0 radical (unpaired) electrons. The van der Waals surface area contributed by atoms with E-state index in [0.29, 0.717) is 11.3 Å². The van der Waals surface area contributed by atoms with Gasteiger partial charge in [-0.15, -0.1) is 0 Å². The largest absolute Gasteiger partial charge is 0.497 e. The topological polar surface area (TPSA) is 90.7 Å². The summed E-state index contributed by atoms with van der Waals surface area (Å²) in [5, 5.41) is 2.94. The van der Waals surface area contributed by atoms with Crippen molar-refractivity contribution < 1.29 is 19.1 Å². The predicted molar refractivity (Wildman–Crippen MR) is 92.5 cm³/mol. The van der Waals surface area contributed by atoms with Gasteiger partial charge in [-0.2, -0.15) is 0 Å². The molecule has 3 rings (SSSR count). The van der Waals surface area contributed by atoms with Crippen molar-refractivity contribution in [1.29, 1.82) is 0 Å². The minimum atomic E-state index is -0.882. The van der Waals surface area contributed by atoms with Crippen LogP contribution in [-0.4, -0.2) is 25.0 Å². The van der Waals surface area contributed by atoms with Gasteiger partial charge in [-0.25, -0.2) is 0 Å². The lowest BCUT2D eigenvalue weighted by Gasteiger charge is -2.20. The molecule has 6 nitrogen and oxygen atoms in total. The molecule has 0 saturated heterocycles. The Morgan fingerprint density at radius 1 is 1.16 bits per heavy atom. The summed E-state index contributed by atoms with van der Waals surface area (Å²) in [4.78, 5) is 24.3. The van der Waals surface area contributed by atoms with Crippen molar-refractivity contribution in [2.24, 2.45) is 5.73 Å². The monoisotopic (exact) mass is 340 g/mol. The zero-order valence-corrected chi connectivity index (χ0v) is 13.9. The van der Waals surface area contributed by atoms with Crippen molar-refractivity contribution in [3.63, 3.8) is 0 Å².